The summed E-state index contributed by atoms with van der Waals surface area (Å²) in [5, 5.41) is 14.3. The summed E-state index contributed by atoms with van der Waals surface area (Å²) in [6.45, 7) is 2.21. The standard InChI is InChI=1S/C29H29Cl2N3O3/c1-17(35)27-26(33(2)29(37)32-23-14-21(30)13-22(31)15-23)16-25-24-12-20(18-6-4-3-5-7-18)9-8-19(24)10-11-34(25)28(27)36/h3-9,12-15,17,25-27,35H,10-11,16H2,1-2H3,(H,32,37)/t17-,25-,26-,27-/m0/s1. The number of nitrogens with zero attached hydrogens (tertiary/aromatic N) is 2. The molecule has 0 saturated carbocycles. The van der Waals surface area contributed by atoms with Crippen LogP contribution in [0.3, 0.4) is 0 Å². The molecule has 1 saturated heterocycles. The Balaban J connectivity index is 1.46. The van der Waals surface area contributed by atoms with E-state index in [2.05, 4.69) is 35.6 Å². The third-order valence-corrected chi connectivity index (χ3v) is 7.95. The third-order valence-electron chi connectivity index (χ3n) is 7.51. The predicted molar refractivity (Wildman–Crippen MR) is 147 cm³/mol. The van der Waals surface area contributed by atoms with E-state index in [9.17, 15) is 14.7 Å². The Hall–Kier alpha value is -3.06. The molecule has 2 aliphatic rings. The molecular weight excluding hydrogens is 509 g/mol. The summed E-state index contributed by atoms with van der Waals surface area (Å²) in [5.41, 5.74) is 4.97. The van der Waals surface area contributed by atoms with Crippen LogP contribution in [0.15, 0.2) is 66.7 Å². The highest BCUT2D eigenvalue weighted by molar-refractivity contribution is 6.35. The average Bonchev–Trinajstić information content (AvgIpc) is 2.87. The Morgan fingerprint density at radius 2 is 1.76 bits per heavy atom. The van der Waals surface area contributed by atoms with Crippen LogP contribution in [0.5, 0.6) is 0 Å². The number of fused-ring (bicyclic) bond motifs is 3. The Bertz CT molecular complexity index is 1310. The Morgan fingerprint density at radius 3 is 2.43 bits per heavy atom. The van der Waals surface area contributed by atoms with E-state index in [0.717, 1.165) is 23.1 Å². The van der Waals surface area contributed by atoms with Gasteiger partial charge in [-0.25, -0.2) is 4.79 Å². The van der Waals surface area contributed by atoms with Crippen LogP contribution in [-0.2, 0) is 11.2 Å². The van der Waals surface area contributed by atoms with Gasteiger partial charge in [0, 0.05) is 35.4 Å². The summed E-state index contributed by atoms with van der Waals surface area (Å²) in [5.74, 6) is -0.855. The smallest absolute Gasteiger partial charge is 0.321 e. The molecule has 0 aliphatic carbocycles. The molecule has 3 aromatic carbocycles. The number of benzene rings is 3. The Morgan fingerprint density at radius 1 is 1.05 bits per heavy atom. The Labute approximate surface area is 226 Å². The molecule has 2 aliphatic heterocycles. The summed E-state index contributed by atoms with van der Waals surface area (Å²) in [7, 11) is 1.66. The highest BCUT2D eigenvalue weighted by Gasteiger charge is 2.48. The minimum atomic E-state index is -0.911. The number of amides is 3. The van der Waals surface area contributed by atoms with Crippen molar-refractivity contribution < 1.29 is 14.7 Å². The number of rotatable bonds is 4. The number of nitrogens with one attached hydrogen (secondary N) is 1. The summed E-state index contributed by atoms with van der Waals surface area (Å²) >= 11 is 12.2. The molecule has 0 spiro atoms. The first kappa shape index (κ1) is 25.6. The predicted octanol–water partition coefficient (Wildman–Crippen LogP) is 6.02. The van der Waals surface area contributed by atoms with Gasteiger partial charge in [0.05, 0.1) is 18.1 Å². The second-order valence-corrected chi connectivity index (χ2v) is 10.7. The van der Waals surface area contributed by atoms with Gasteiger partial charge in [-0.3, -0.25) is 4.79 Å². The van der Waals surface area contributed by atoms with Gasteiger partial charge in [0.2, 0.25) is 5.91 Å². The second kappa shape index (κ2) is 10.4. The summed E-state index contributed by atoms with van der Waals surface area (Å²) in [6, 6.07) is 20.3. The fraction of sp³-hybridized carbons (Fsp3) is 0.310. The van der Waals surface area contributed by atoms with Crippen LogP contribution in [0.4, 0.5) is 10.5 Å². The van der Waals surface area contributed by atoms with Gasteiger partial charge in [0.15, 0.2) is 0 Å². The van der Waals surface area contributed by atoms with Crippen molar-refractivity contribution in [2.45, 2.75) is 38.0 Å². The first-order chi connectivity index (χ1) is 17.7. The van der Waals surface area contributed by atoms with Crippen molar-refractivity contribution in [3.05, 3.63) is 87.9 Å². The van der Waals surface area contributed by atoms with E-state index in [1.807, 2.05) is 23.1 Å². The van der Waals surface area contributed by atoms with Gasteiger partial charge in [-0.05, 0) is 66.3 Å². The van der Waals surface area contributed by atoms with Crippen LogP contribution in [0.25, 0.3) is 11.1 Å². The second-order valence-electron chi connectivity index (χ2n) is 9.85. The molecule has 8 heteroatoms. The first-order valence-electron chi connectivity index (χ1n) is 12.4. The summed E-state index contributed by atoms with van der Waals surface area (Å²) < 4.78 is 0. The fourth-order valence-electron chi connectivity index (χ4n) is 5.67. The number of aliphatic hydroxyl groups is 1. The number of aliphatic hydroxyl groups excluding tert-OH is 1. The van der Waals surface area contributed by atoms with Crippen LogP contribution in [0.1, 0.15) is 30.5 Å². The number of carbonyl (C=O) groups excluding carboxylic acids is 2. The molecule has 3 aromatic rings. The molecule has 0 aromatic heterocycles. The number of halogens is 2. The maximum absolute atomic E-state index is 13.7. The highest BCUT2D eigenvalue weighted by atomic mass is 35.5. The lowest BCUT2D eigenvalue weighted by molar-refractivity contribution is -0.151. The van der Waals surface area contributed by atoms with Gasteiger partial charge in [-0.15, -0.1) is 0 Å². The van der Waals surface area contributed by atoms with Crippen molar-refractivity contribution in [3.8, 4) is 11.1 Å². The number of hydrogen-bond acceptors (Lipinski definition) is 3. The SMILES string of the molecule is C[C@H](O)[C@@H]1C(=O)N2CCc3ccc(-c4ccccc4)cc3[C@@H]2C[C@@H]1N(C)C(=O)Nc1cc(Cl)cc(Cl)c1. The third kappa shape index (κ3) is 5.06. The molecule has 4 atom stereocenters. The van der Waals surface area contributed by atoms with Crippen LogP contribution < -0.4 is 5.32 Å². The zero-order chi connectivity index (χ0) is 26.3. The van der Waals surface area contributed by atoms with Crippen LogP contribution in [-0.4, -0.2) is 52.6 Å². The number of urea groups is 1. The number of hydrogen-bond donors (Lipinski definition) is 2. The van der Waals surface area contributed by atoms with Crippen molar-refractivity contribution in [1.29, 1.82) is 0 Å². The molecule has 6 nitrogen and oxygen atoms in total. The van der Waals surface area contributed by atoms with Crippen molar-refractivity contribution in [3.63, 3.8) is 0 Å². The van der Waals surface area contributed by atoms with E-state index < -0.39 is 24.1 Å². The van der Waals surface area contributed by atoms with Crippen LogP contribution in [0, 0.1) is 5.92 Å². The monoisotopic (exact) mass is 537 g/mol. The number of carbonyl (C=O) groups is 2. The fourth-order valence-corrected chi connectivity index (χ4v) is 6.20. The zero-order valence-electron chi connectivity index (χ0n) is 20.7. The zero-order valence-corrected chi connectivity index (χ0v) is 22.2. The van der Waals surface area contributed by atoms with E-state index in [1.54, 1.807) is 32.2 Å². The van der Waals surface area contributed by atoms with Gasteiger partial charge in [-0.2, -0.15) is 0 Å². The molecule has 1 fully saturated rings. The molecule has 3 amide bonds. The minimum absolute atomic E-state index is 0.127. The van der Waals surface area contributed by atoms with Crippen molar-refractivity contribution in [1.82, 2.24) is 9.80 Å². The van der Waals surface area contributed by atoms with Crippen LogP contribution >= 0.6 is 23.2 Å². The summed E-state index contributed by atoms with van der Waals surface area (Å²) in [6.07, 6.45) is 0.369. The van der Waals surface area contributed by atoms with E-state index in [4.69, 9.17) is 23.2 Å². The van der Waals surface area contributed by atoms with Gasteiger partial charge in [0.1, 0.15) is 0 Å². The van der Waals surface area contributed by atoms with Gasteiger partial charge < -0.3 is 20.2 Å². The van der Waals surface area contributed by atoms with Gasteiger partial charge in [0.25, 0.3) is 0 Å². The number of anilines is 1. The van der Waals surface area contributed by atoms with E-state index in [0.29, 0.717) is 28.7 Å². The molecule has 2 N–H and O–H groups in total. The van der Waals surface area contributed by atoms with Crippen molar-refractivity contribution in [2.75, 3.05) is 18.9 Å². The molecule has 37 heavy (non-hydrogen) atoms. The van der Waals surface area contributed by atoms with Crippen LogP contribution in [0.2, 0.25) is 10.0 Å². The van der Waals surface area contributed by atoms with E-state index in [1.165, 1.54) is 10.5 Å². The normalized spacial score (nSPS) is 21.6. The first-order valence-corrected chi connectivity index (χ1v) is 13.1. The molecule has 2 heterocycles. The lowest BCUT2D eigenvalue weighted by Gasteiger charge is -2.49. The highest BCUT2D eigenvalue weighted by Crippen LogP contribution is 2.43. The van der Waals surface area contributed by atoms with E-state index >= 15 is 0 Å². The molecule has 0 bridgehead atoms. The van der Waals surface area contributed by atoms with Gasteiger partial charge in [-0.1, -0.05) is 65.7 Å². The summed E-state index contributed by atoms with van der Waals surface area (Å²) in [4.78, 5) is 30.4. The lowest BCUT2D eigenvalue weighted by atomic mass is 9.77. The lowest BCUT2D eigenvalue weighted by Crippen LogP contribution is -2.60. The Kier molecular flexibility index (Phi) is 7.17. The maximum atomic E-state index is 13.7. The van der Waals surface area contributed by atoms with E-state index in [-0.39, 0.29) is 11.9 Å². The molecular formula is C29H29Cl2N3O3. The largest absolute Gasteiger partial charge is 0.393 e. The van der Waals surface area contributed by atoms with Crippen molar-refractivity contribution >= 4 is 40.8 Å². The molecule has 192 valence electrons. The maximum Gasteiger partial charge on any atom is 0.321 e. The molecule has 5 rings (SSSR count). The topological polar surface area (TPSA) is 72.9 Å². The number of piperidine rings is 1. The van der Waals surface area contributed by atoms with Gasteiger partial charge >= 0.3 is 6.03 Å². The van der Waals surface area contributed by atoms with Crippen molar-refractivity contribution in [2.24, 2.45) is 5.92 Å². The molecule has 0 radical (unpaired) electrons. The minimum Gasteiger partial charge on any atom is -0.393 e. The average molecular weight is 538 g/mol. The quantitative estimate of drug-likeness (QED) is 0.427. The molecule has 0 unspecified atom stereocenters.